The average molecular weight is 303 g/mol. The fourth-order valence-corrected chi connectivity index (χ4v) is 1.80. The molecule has 0 aliphatic heterocycles. The van der Waals surface area contributed by atoms with Crippen molar-refractivity contribution < 1.29 is 19.2 Å². The summed E-state index contributed by atoms with van der Waals surface area (Å²) in [4.78, 5) is 23.5. The summed E-state index contributed by atoms with van der Waals surface area (Å²) in [5.74, 6) is -0.312. The van der Waals surface area contributed by atoms with Gasteiger partial charge in [-0.05, 0) is 0 Å². The molecule has 7 heteroatoms. The van der Waals surface area contributed by atoms with Gasteiger partial charge in [-0.25, -0.2) is 4.79 Å². The first-order valence-electron chi connectivity index (χ1n) is 6.78. The quantitative estimate of drug-likeness (QED) is 0.850. The number of carboxylic acids is 1. The Hall–Kier alpha value is -2.83. The number of hydrogen-bond acceptors (Lipinski definition) is 4. The summed E-state index contributed by atoms with van der Waals surface area (Å²) in [7, 11) is 1.54. The van der Waals surface area contributed by atoms with E-state index >= 15 is 0 Å². The molecule has 0 saturated carbocycles. The molecule has 0 radical (unpaired) electrons. The number of carbonyl (C=O) groups is 2. The Balaban J connectivity index is 1.86. The zero-order valence-electron chi connectivity index (χ0n) is 12.2. The fourth-order valence-electron chi connectivity index (χ4n) is 1.80. The first-order valence-corrected chi connectivity index (χ1v) is 6.78. The molecule has 22 heavy (non-hydrogen) atoms. The predicted molar refractivity (Wildman–Crippen MR) is 79.1 cm³/mol. The molecule has 2 amide bonds. The van der Waals surface area contributed by atoms with E-state index < -0.39 is 5.97 Å². The maximum absolute atomic E-state index is 11.8. The van der Waals surface area contributed by atoms with Crippen LogP contribution in [-0.4, -0.2) is 40.8 Å². The molecule has 2 rings (SSSR count). The number of aromatic nitrogens is 1. The van der Waals surface area contributed by atoms with Gasteiger partial charge in [0.25, 0.3) is 0 Å². The van der Waals surface area contributed by atoms with Crippen molar-refractivity contribution in [3.8, 4) is 11.3 Å². The zero-order chi connectivity index (χ0) is 15.9. The Labute approximate surface area is 127 Å². The number of benzene rings is 1. The van der Waals surface area contributed by atoms with E-state index in [0.29, 0.717) is 11.5 Å². The van der Waals surface area contributed by atoms with Crippen molar-refractivity contribution in [2.75, 3.05) is 13.6 Å². The van der Waals surface area contributed by atoms with Crippen LogP contribution in [0, 0.1) is 0 Å². The van der Waals surface area contributed by atoms with Gasteiger partial charge in [-0.2, -0.15) is 0 Å². The third-order valence-corrected chi connectivity index (χ3v) is 3.05. The van der Waals surface area contributed by atoms with Crippen LogP contribution in [-0.2, 0) is 11.3 Å². The Morgan fingerprint density at radius 1 is 1.32 bits per heavy atom. The lowest BCUT2D eigenvalue weighted by molar-refractivity contribution is -0.137. The summed E-state index contributed by atoms with van der Waals surface area (Å²) in [5.41, 5.74) is 1.50. The van der Waals surface area contributed by atoms with E-state index in [4.69, 9.17) is 9.63 Å². The van der Waals surface area contributed by atoms with E-state index in [1.165, 1.54) is 11.9 Å². The minimum absolute atomic E-state index is 0.0912. The highest BCUT2D eigenvalue weighted by Gasteiger charge is 2.11. The number of nitrogens with one attached hydrogen (secondary N) is 1. The molecule has 116 valence electrons. The van der Waals surface area contributed by atoms with Crippen LogP contribution in [0.3, 0.4) is 0 Å². The van der Waals surface area contributed by atoms with Gasteiger partial charge in [-0.15, -0.1) is 0 Å². The van der Waals surface area contributed by atoms with Gasteiger partial charge in [0.05, 0.1) is 13.0 Å². The molecule has 0 fully saturated rings. The first-order chi connectivity index (χ1) is 10.6. The molecule has 0 atom stereocenters. The van der Waals surface area contributed by atoms with E-state index in [2.05, 4.69) is 10.5 Å². The summed E-state index contributed by atoms with van der Waals surface area (Å²) in [6.45, 7) is 0.363. The van der Waals surface area contributed by atoms with Crippen molar-refractivity contribution >= 4 is 12.0 Å². The van der Waals surface area contributed by atoms with Crippen molar-refractivity contribution in [1.82, 2.24) is 15.4 Å². The highest BCUT2D eigenvalue weighted by molar-refractivity contribution is 5.75. The second kappa shape index (κ2) is 7.26. The van der Waals surface area contributed by atoms with Crippen molar-refractivity contribution in [3.05, 3.63) is 42.1 Å². The van der Waals surface area contributed by atoms with Crippen molar-refractivity contribution in [2.24, 2.45) is 0 Å². The van der Waals surface area contributed by atoms with Gasteiger partial charge in [0.1, 0.15) is 5.69 Å². The molecule has 0 saturated heterocycles. The highest BCUT2D eigenvalue weighted by Crippen LogP contribution is 2.19. The normalized spacial score (nSPS) is 10.2. The number of urea groups is 1. The molecule has 0 spiro atoms. The van der Waals surface area contributed by atoms with Crippen molar-refractivity contribution in [2.45, 2.75) is 13.0 Å². The molecular weight excluding hydrogens is 286 g/mol. The number of aliphatic carboxylic acids is 1. The molecule has 1 aromatic heterocycles. The van der Waals surface area contributed by atoms with Gasteiger partial charge >= 0.3 is 12.0 Å². The second-order valence-corrected chi connectivity index (χ2v) is 4.77. The highest BCUT2D eigenvalue weighted by atomic mass is 16.5. The van der Waals surface area contributed by atoms with E-state index in [1.54, 1.807) is 6.07 Å². The molecule has 2 aromatic rings. The summed E-state index contributed by atoms with van der Waals surface area (Å²) >= 11 is 0. The number of amides is 2. The van der Waals surface area contributed by atoms with E-state index in [-0.39, 0.29) is 25.5 Å². The van der Waals surface area contributed by atoms with Crippen LogP contribution in [0.1, 0.15) is 12.1 Å². The molecular formula is C15H17N3O4. The maximum Gasteiger partial charge on any atom is 0.317 e. The topological polar surface area (TPSA) is 95.7 Å². The lowest BCUT2D eigenvalue weighted by Crippen LogP contribution is -2.38. The van der Waals surface area contributed by atoms with Crippen LogP contribution in [0.5, 0.6) is 0 Å². The van der Waals surface area contributed by atoms with Gasteiger partial charge < -0.3 is 19.8 Å². The van der Waals surface area contributed by atoms with Crippen LogP contribution in [0.15, 0.2) is 40.9 Å². The van der Waals surface area contributed by atoms with Crippen LogP contribution in [0.25, 0.3) is 11.3 Å². The molecule has 2 N–H and O–H groups in total. The van der Waals surface area contributed by atoms with Gasteiger partial charge in [0.2, 0.25) is 0 Å². The Bertz CT molecular complexity index is 639. The second-order valence-electron chi connectivity index (χ2n) is 4.77. The van der Waals surface area contributed by atoms with Gasteiger partial charge in [0.15, 0.2) is 5.76 Å². The third kappa shape index (κ3) is 4.34. The lowest BCUT2D eigenvalue weighted by atomic mass is 10.2. The Morgan fingerprint density at radius 2 is 2.05 bits per heavy atom. The van der Waals surface area contributed by atoms with Crippen molar-refractivity contribution in [1.29, 1.82) is 0 Å². The predicted octanol–water partition coefficient (Wildman–Crippen LogP) is 1.96. The molecule has 0 bridgehead atoms. The number of hydrogen-bond donors (Lipinski definition) is 2. The van der Waals surface area contributed by atoms with Crippen LogP contribution in [0.2, 0.25) is 0 Å². The maximum atomic E-state index is 11.8. The monoisotopic (exact) mass is 303 g/mol. The number of carbonyl (C=O) groups excluding carboxylic acids is 1. The molecule has 0 unspecified atom stereocenters. The number of nitrogens with zero attached hydrogens (tertiary/aromatic N) is 2. The SMILES string of the molecule is CN(CCC(=O)O)C(=O)NCc1cc(-c2ccccc2)on1. The summed E-state index contributed by atoms with van der Waals surface area (Å²) in [5, 5.41) is 15.1. The molecule has 1 heterocycles. The van der Waals surface area contributed by atoms with Gasteiger partial charge in [-0.1, -0.05) is 35.5 Å². The van der Waals surface area contributed by atoms with Crippen molar-refractivity contribution in [3.63, 3.8) is 0 Å². The third-order valence-electron chi connectivity index (χ3n) is 3.05. The largest absolute Gasteiger partial charge is 0.481 e. The molecule has 0 aliphatic rings. The van der Waals surface area contributed by atoms with Gasteiger partial charge in [0, 0.05) is 25.2 Å². The molecule has 0 aliphatic carbocycles. The number of carboxylic acid groups (broad SMARTS) is 1. The minimum atomic E-state index is -0.941. The minimum Gasteiger partial charge on any atom is -0.481 e. The zero-order valence-corrected chi connectivity index (χ0v) is 12.2. The Kier molecular flexibility index (Phi) is 5.13. The molecule has 7 nitrogen and oxygen atoms in total. The molecule has 1 aromatic carbocycles. The van der Waals surface area contributed by atoms with Crippen LogP contribution in [0.4, 0.5) is 4.79 Å². The summed E-state index contributed by atoms with van der Waals surface area (Å²) in [6, 6.07) is 10.9. The first kappa shape index (κ1) is 15.6. The average Bonchev–Trinajstić information content (AvgIpc) is 3.00. The van der Waals surface area contributed by atoms with E-state index in [0.717, 1.165) is 5.56 Å². The smallest absolute Gasteiger partial charge is 0.317 e. The van der Waals surface area contributed by atoms with Gasteiger partial charge in [-0.3, -0.25) is 4.79 Å². The van der Waals surface area contributed by atoms with E-state index in [1.807, 2.05) is 30.3 Å². The van der Waals surface area contributed by atoms with E-state index in [9.17, 15) is 9.59 Å². The number of rotatable bonds is 6. The Morgan fingerprint density at radius 3 is 2.73 bits per heavy atom. The summed E-state index contributed by atoms with van der Waals surface area (Å²) < 4.78 is 5.23. The van der Waals surface area contributed by atoms with Crippen LogP contribution < -0.4 is 5.32 Å². The fraction of sp³-hybridized carbons (Fsp3) is 0.267. The lowest BCUT2D eigenvalue weighted by Gasteiger charge is -2.16. The summed E-state index contributed by atoms with van der Waals surface area (Å²) in [6.07, 6.45) is -0.0912. The van der Waals surface area contributed by atoms with Crippen LogP contribution >= 0.6 is 0 Å². The standard InChI is InChI=1S/C15H17N3O4/c1-18(8-7-14(19)20)15(21)16-10-12-9-13(22-17-12)11-5-3-2-4-6-11/h2-6,9H,7-8,10H2,1H3,(H,16,21)(H,19,20).